The maximum Gasteiger partial charge on any atom is 0.0389 e. The van der Waals surface area contributed by atoms with Gasteiger partial charge < -0.3 is 5.32 Å². The van der Waals surface area contributed by atoms with E-state index in [4.69, 9.17) is 0 Å². The van der Waals surface area contributed by atoms with Crippen LogP contribution in [0, 0.1) is 0 Å². The lowest BCUT2D eigenvalue weighted by Gasteiger charge is -2.09. The number of rotatable bonds is 5. The highest BCUT2D eigenvalue weighted by Crippen LogP contribution is 1.93. The first kappa shape index (κ1) is 12.2. The molecule has 0 bridgehead atoms. The zero-order chi connectivity index (χ0) is 10.3. The van der Waals surface area contributed by atoms with E-state index in [0.29, 0.717) is 6.04 Å². The van der Waals surface area contributed by atoms with E-state index < -0.39 is 0 Å². The van der Waals surface area contributed by atoms with Crippen molar-refractivity contribution in [3.63, 3.8) is 0 Å². The van der Waals surface area contributed by atoms with Gasteiger partial charge in [0.25, 0.3) is 0 Å². The summed E-state index contributed by atoms with van der Waals surface area (Å²) in [5.41, 5.74) is 2.29. The summed E-state index contributed by atoms with van der Waals surface area (Å²) in [6.45, 7) is 11.5. The monoisotopic (exact) mass is 182 g/mol. The van der Waals surface area contributed by atoms with Crippen molar-refractivity contribution in [1.29, 1.82) is 0 Å². The smallest absolute Gasteiger partial charge is 0.0389 e. The Morgan fingerprint density at radius 1 is 1.38 bits per heavy atom. The zero-order valence-electron chi connectivity index (χ0n) is 9.52. The van der Waals surface area contributed by atoms with Gasteiger partial charge in [-0.15, -0.1) is 0 Å². The third-order valence-corrected chi connectivity index (χ3v) is 1.53. The van der Waals surface area contributed by atoms with Gasteiger partial charge in [0.05, 0.1) is 0 Å². The molecule has 0 spiro atoms. The van der Waals surface area contributed by atoms with Crippen molar-refractivity contribution in [3.8, 4) is 0 Å². The van der Waals surface area contributed by atoms with Crippen molar-refractivity contribution in [3.05, 3.63) is 11.8 Å². The fourth-order valence-corrected chi connectivity index (χ4v) is 1.14. The minimum absolute atomic E-state index is 0.496. The van der Waals surface area contributed by atoms with Crippen molar-refractivity contribution in [2.75, 3.05) is 6.54 Å². The van der Waals surface area contributed by atoms with Crippen molar-refractivity contribution in [2.24, 2.45) is 4.99 Å². The van der Waals surface area contributed by atoms with Gasteiger partial charge in [-0.2, -0.15) is 0 Å². The van der Waals surface area contributed by atoms with E-state index in [1.165, 1.54) is 5.70 Å². The maximum atomic E-state index is 4.39. The van der Waals surface area contributed by atoms with Crippen LogP contribution in [0.2, 0.25) is 0 Å². The topological polar surface area (TPSA) is 24.4 Å². The molecule has 0 aliphatic carbocycles. The predicted octanol–water partition coefficient (Wildman–Crippen LogP) is 2.76. The highest BCUT2D eigenvalue weighted by molar-refractivity contribution is 5.93. The third kappa shape index (κ3) is 7.57. The summed E-state index contributed by atoms with van der Waals surface area (Å²) in [5, 5.41) is 3.33. The molecule has 0 saturated heterocycles. The lowest BCUT2D eigenvalue weighted by molar-refractivity contribution is 0.670. The molecule has 0 radical (unpaired) electrons. The second-order valence-electron chi connectivity index (χ2n) is 3.65. The summed E-state index contributed by atoms with van der Waals surface area (Å²) in [4.78, 5) is 4.39. The Bertz CT molecular complexity index is 190. The van der Waals surface area contributed by atoms with Gasteiger partial charge in [-0.25, -0.2) is 0 Å². The van der Waals surface area contributed by atoms with Gasteiger partial charge >= 0.3 is 0 Å². The molecule has 0 fully saturated rings. The molecule has 0 aromatic carbocycles. The van der Waals surface area contributed by atoms with Crippen LogP contribution in [0.4, 0.5) is 0 Å². The van der Waals surface area contributed by atoms with Crippen LogP contribution < -0.4 is 5.32 Å². The zero-order valence-corrected chi connectivity index (χ0v) is 9.52. The van der Waals surface area contributed by atoms with Crippen LogP contribution in [-0.4, -0.2) is 18.3 Å². The number of hydrogen-bond donors (Lipinski definition) is 1. The molecule has 0 aliphatic heterocycles. The van der Waals surface area contributed by atoms with Crippen LogP contribution in [0.5, 0.6) is 0 Å². The summed E-state index contributed by atoms with van der Waals surface area (Å²) < 4.78 is 0. The minimum atomic E-state index is 0.496. The van der Waals surface area contributed by atoms with Gasteiger partial charge in [0.2, 0.25) is 0 Å². The Morgan fingerprint density at radius 3 is 2.46 bits per heavy atom. The van der Waals surface area contributed by atoms with Crippen molar-refractivity contribution < 1.29 is 0 Å². The Morgan fingerprint density at radius 2 is 2.00 bits per heavy atom. The molecule has 0 aromatic heterocycles. The highest BCUT2D eigenvalue weighted by Gasteiger charge is 1.92. The summed E-state index contributed by atoms with van der Waals surface area (Å²) in [5.74, 6) is 0. The molecule has 0 amide bonds. The van der Waals surface area contributed by atoms with E-state index >= 15 is 0 Å². The van der Waals surface area contributed by atoms with Gasteiger partial charge in [-0.05, 0) is 40.2 Å². The largest absolute Gasteiger partial charge is 0.386 e. The van der Waals surface area contributed by atoms with Crippen LogP contribution in [0.1, 0.15) is 41.0 Å². The van der Waals surface area contributed by atoms with Crippen molar-refractivity contribution in [2.45, 2.75) is 47.1 Å². The first-order chi connectivity index (χ1) is 6.06. The molecule has 0 rings (SSSR count). The number of aliphatic imine (C=N–C) groups is 1. The van der Waals surface area contributed by atoms with Gasteiger partial charge in [0.1, 0.15) is 0 Å². The molecule has 13 heavy (non-hydrogen) atoms. The molecule has 2 heteroatoms. The maximum absolute atomic E-state index is 4.39. The summed E-state index contributed by atoms with van der Waals surface area (Å²) in [7, 11) is 0. The first-order valence-corrected chi connectivity index (χ1v) is 5.02. The van der Waals surface area contributed by atoms with Gasteiger partial charge in [0.15, 0.2) is 0 Å². The molecular formula is C11H22N2. The average molecular weight is 182 g/mol. The van der Waals surface area contributed by atoms with Crippen molar-refractivity contribution >= 4 is 5.71 Å². The molecule has 0 atom stereocenters. The van der Waals surface area contributed by atoms with E-state index in [-0.39, 0.29) is 0 Å². The number of hydrogen-bond acceptors (Lipinski definition) is 2. The van der Waals surface area contributed by atoms with Crippen molar-refractivity contribution in [1.82, 2.24) is 5.32 Å². The number of nitrogens with zero attached hydrogens (tertiary/aromatic N) is 1. The van der Waals surface area contributed by atoms with E-state index in [2.05, 4.69) is 44.1 Å². The molecule has 76 valence electrons. The van der Waals surface area contributed by atoms with Gasteiger partial charge in [-0.1, -0.05) is 6.92 Å². The fourth-order valence-electron chi connectivity index (χ4n) is 1.14. The van der Waals surface area contributed by atoms with E-state index in [1.54, 1.807) is 0 Å². The molecule has 1 N–H and O–H groups in total. The Hall–Kier alpha value is -0.790. The van der Waals surface area contributed by atoms with E-state index in [0.717, 1.165) is 18.7 Å². The number of nitrogens with one attached hydrogen (secondary N) is 1. The van der Waals surface area contributed by atoms with Crippen LogP contribution in [0.25, 0.3) is 0 Å². The SMILES string of the molecule is CCCN=C(C)C=C(C)NC(C)C. The minimum Gasteiger partial charge on any atom is -0.386 e. The van der Waals surface area contributed by atoms with Crippen LogP contribution in [0.3, 0.4) is 0 Å². The molecule has 0 unspecified atom stereocenters. The Balaban J connectivity index is 4.05. The third-order valence-electron chi connectivity index (χ3n) is 1.53. The van der Waals surface area contributed by atoms with Crippen LogP contribution >= 0.6 is 0 Å². The summed E-state index contributed by atoms with van der Waals surface area (Å²) in [6.07, 6.45) is 3.21. The normalized spacial score (nSPS) is 13.7. The standard InChI is InChI=1S/C11H22N2/c1-6-7-12-10(4)8-11(5)13-9(2)3/h8-9,13H,6-7H2,1-5H3. The quantitative estimate of drug-likeness (QED) is 0.650. The van der Waals surface area contributed by atoms with Gasteiger partial charge in [-0.3, -0.25) is 4.99 Å². The highest BCUT2D eigenvalue weighted by atomic mass is 14.9. The van der Waals surface area contributed by atoms with E-state index in [1.807, 2.05) is 6.92 Å². The van der Waals surface area contributed by atoms with Gasteiger partial charge in [0, 0.05) is 24.0 Å². The Kier molecular flexibility index (Phi) is 6.29. The molecular weight excluding hydrogens is 160 g/mol. The molecule has 0 aromatic rings. The molecule has 0 heterocycles. The molecule has 0 aliphatic rings. The second-order valence-corrected chi connectivity index (χ2v) is 3.65. The predicted molar refractivity (Wildman–Crippen MR) is 60.3 cm³/mol. The summed E-state index contributed by atoms with van der Waals surface area (Å²) >= 11 is 0. The molecule has 0 saturated carbocycles. The number of allylic oxidation sites excluding steroid dienone is 2. The summed E-state index contributed by atoms with van der Waals surface area (Å²) in [6, 6.07) is 0.496. The molecule has 2 nitrogen and oxygen atoms in total. The Labute approximate surface area is 82.1 Å². The fraction of sp³-hybridized carbons (Fsp3) is 0.727. The van der Waals surface area contributed by atoms with Crippen LogP contribution in [-0.2, 0) is 0 Å². The second kappa shape index (κ2) is 6.70. The lowest BCUT2D eigenvalue weighted by atomic mass is 10.3. The van der Waals surface area contributed by atoms with Crippen LogP contribution in [0.15, 0.2) is 16.8 Å². The lowest BCUT2D eigenvalue weighted by Crippen LogP contribution is -2.20. The average Bonchev–Trinajstić information content (AvgIpc) is 1.98. The first-order valence-electron chi connectivity index (χ1n) is 5.02. The van der Waals surface area contributed by atoms with E-state index in [9.17, 15) is 0 Å².